The fourth-order valence-corrected chi connectivity index (χ4v) is 5.35. The van der Waals surface area contributed by atoms with Crippen molar-refractivity contribution < 1.29 is 63.3 Å². The normalized spacial score (nSPS) is 15.8. The molecular weight excluding hydrogens is 799 g/mol. The van der Waals surface area contributed by atoms with E-state index < -0.39 is 18.0 Å². The summed E-state index contributed by atoms with van der Waals surface area (Å²) in [5.41, 5.74) is 0.0417. The van der Waals surface area contributed by atoms with Gasteiger partial charge >= 0.3 is 0 Å². The van der Waals surface area contributed by atoms with Crippen molar-refractivity contribution in [1.29, 1.82) is 0 Å². The molecule has 2 aliphatic rings. The number of hydrogen-bond donors (Lipinski definition) is 4. The largest absolute Gasteiger partial charge is 0.395 e. The third-order valence-corrected chi connectivity index (χ3v) is 8.81. The van der Waals surface area contributed by atoms with E-state index in [0.717, 1.165) is 0 Å². The van der Waals surface area contributed by atoms with Crippen molar-refractivity contribution in [3.63, 3.8) is 0 Å². The summed E-state index contributed by atoms with van der Waals surface area (Å²) in [6, 6.07) is 0. The third-order valence-electron chi connectivity index (χ3n) is 8.81. The van der Waals surface area contributed by atoms with Crippen LogP contribution >= 0.6 is 0 Å². The van der Waals surface area contributed by atoms with Crippen LogP contribution in [0.3, 0.4) is 0 Å². The molecule has 0 aromatic heterocycles. The molecule has 22 heteroatoms. The second kappa shape index (κ2) is 38.1. The number of aliphatic hydroxyl groups is 4. The smallest absolute Gasteiger partial charge is 0.222 e. The zero-order valence-electron chi connectivity index (χ0n) is 38.6. The molecule has 0 atom stereocenters. The maximum atomic E-state index is 12.4. The first kappa shape index (κ1) is 66.4. The first-order valence-corrected chi connectivity index (χ1v) is 21.0. The minimum absolute atomic E-state index is 0. The highest BCUT2D eigenvalue weighted by Crippen LogP contribution is 2.16. The van der Waals surface area contributed by atoms with E-state index in [9.17, 15) is 19.2 Å². The number of nitrogens with zero attached hydrogens (tertiary/aromatic N) is 4. The first-order chi connectivity index (χ1) is 28.1. The van der Waals surface area contributed by atoms with Gasteiger partial charge in [-0.25, -0.2) is 0 Å². The topological polar surface area (TPSA) is 208 Å². The summed E-state index contributed by atoms with van der Waals surface area (Å²) in [5, 5.41) is 35.4. The lowest BCUT2D eigenvalue weighted by molar-refractivity contribution is -0.226. The van der Waals surface area contributed by atoms with Gasteiger partial charge < -0.3 is 63.7 Å². The zero-order chi connectivity index (χ0) is 46.2. The molecule has 4 N–H and O–H groups in total. The molecule has 2 saturated heterocycles. The third kappa shape index (κ3) is 37.2. The maximum absolute atomic E-state index is 12.4. The summed E-state index contributed by atoms with van der Waals surface area (Å²) in [7, 11) is 15.7. The van der Waals surface area contributed by atoms with Crippen LogP contribution in [-0.4, -0.2) is 231 Å². The van der Waals surface area contributed by atoms with E-state index >= 15 is 0 Å². The van der Waals surface area contributed by atoms with Crippen LogP contribution in [0.25, 0.3) is 0 Å². The molecule has 9 radical (unpaired) electrons. The van der Waals surface area contributed by atoms with Crippen LogP contribution in [-0.2, 0) is 42.9 Å². The summed E-state index contributed by atoms with van der Waals surface area (Å²) >= 11 is 0. The van der Waals surface area contributed by atoms with Crippen molar-refractivity contribution in [2.45, 2.75) is 124 Å². The number of methoxy groups -OCH3 is 1. The lowest BCUT2D eigenvalue weighted by Crippen LogP contribution is -2.43. The Bertz CT molecular complexity index is 1040. The monoisotopic (exact) mass is 880 g/mol. The van der Waals surface area contributed by atoms with E-state index in [4.69, 9.17) is 44.1 Å². The zero-order valence-corrected chi connectivity index (χ0v) is 38.6. The Morgan fingerprint density at radius 3 is 1.03 bits per heavy atom. The van der Waals surface area contributed by atoms with Gasteiger partial charge in [0.2, 0.25) is 23.6 Å². The number of unbranched alkanes of at least 4 members (excludes halogenated alkanes) is 2. The summed E-state index contributed by atoms with van der Waals surface area (Å²) in [5.74, 6) is -1.30. The molecule has 2 fully saturated rings. The van der Waals surface area contributed by atoms with E-state index in [-0.39, 0.29) is 111 Å². The summed E-state index contributed by atoms with van der Waals surface area (Å²) in [6.07, 6.45) is 3.19. The van der Waals surface area contributed by atoms with E-state index in [1.807, 2.05) is 48.5 Å². The van der Waals surface area contributed by atoms with Crippen LogP contribution in [0.4, 0.5) is 0 Å². The van der Waals surface area contributed by atoms with Gasteiger partial charge in [-0.3, -0.25) is 19.2 Å². The van der Waals surface area contributed by atoms with Gasteiger partial charge in [0, 0.05) is 123 Å². The summed E-state index contributed by atoms with van der Waals surface area (Å²) < 4.78 is 27.4. The van der Waals surface area contributed by atoms with Crippen molar-refractivity contribution in [3.05, 3.63) is 0 Å². The first-order valence-electron chi connectivity index (χ1n) is 21.0. The molecule has 4 amide bonds. The molecule has 17 nitrogen and oxygen atoms in total. The van der Waals surface area contributed by atoms with Crippen LogP contribution in [0.1, 0.15) is 107 Å². The molecule has 2 heterocycles. The molecule has 0 aromatic carbocycles. The number of ether oxygens (including phenoxy) is 5. The van der Waals surface area contributed by atoms with Gasteiger partial charge in [-0.2, -0.15) is 0 Å². The number of carbonyl (C=O) groups excluding carboxylic acids is 4. The average Bonchev–Trinajstić information content (AvgIpc) is 3.14. The molecule has 2 rings (SSSR count). The minimum atomic E-state index is -0.667. The Labute approximate surface area is 380 Å². The molecule has 2 aliphatic heterocycles. The van der Waals surface area contributed by atoms with Crippen molar-refractivity contribution in [3.8, 4) is 0 Å². The van der Waals surface area contributed by atoms with E-state index in [1.54, 1.807) is 16.9 Å². The lowest BCUT2D eigenvalue weighted by Gasteiger charge is -2.33. The quantitative estimate of drug-likeness (QED) is 0.107. The summed E-state index contributed by atoms with van der Waals surface area (Å²) in [4.78, 5) is 54.9. The Balaban J connectivity index is -0.000000440. The molecule has 0 bridgehead atoms. The van der Waals surface area contributed by atoms with Gasteiger partial charge in [0.05, 0.1) is 58.5 Å². The standard InChI is InChI=1S/C20H36N2O6.C14H28N2O6.C5H12O.CH4.B4.B/c1-19(2)25-13-9-21(10-14-26-19)17(23)7-5-6-8-18(24)22-11-15-27-20(3,4)28-16-12-22;17-9-5-15(6-10-18)13(21)3-1-2-4-14(22)16(7-11-19)8-12-20;1-5(2,3)6-4;;1-4(2)3;/h5-16H2,1-4H3;17-20H,1-12H2;1-4H3;1H4;;. The Hall–Kier alpha value is -2.16. The molecule has 62 heavy (non-hydrogen) atoms. The van der Waals surface area contributed by atoms with Gasteiger partial charge in [0.1, 0.15) is 0 Å². The fourth-order valence-electron chi connectivity index (χ4n) is 5.35. The highest BCUT2D eigenvalue weighted by atomic mass is 16.7. The van der Waals surface area contributed by atoms with Gasteiger partial charge in [-0.1, -0.05) is 7.43 Å². The van der Waals surface area contributed by atoms with Crippen LogP contribution in [0.2, 0.25) is 0 Å². The molecular formula is C40H80B5N4O13. The van der Waals surface area contributed by atoms with Crippen LogP contribution in [0.5, 0.6) is 0 Å². The minimum Gasteiger partial charge on any atom is -0.395 e. The van der Waals surface area contributed by atoms with Crippen molar-refractivity contribution in [2.75, 3.05) is 112 Å². The lowest BCUT2D eigenvalue weighted by atomic mass is 9.08. The predicted molar refractivity (Wildman–Crippen MR) is 246 cm³/mol. The number of aliphatic hydroxyl groups excluding tert-OH is 4. The molecule has 0 unspecified atom stereocenters. The highest BCUT2D eigenvalue weighted by molar-refractivity contribution is 7.49. The van der Waals surface area contributed by atoms with Crippen LogP contribution in [0.15, 0.2) is 0 Å². The Morgan fingerprint density at radius 2 is 0.823 bits per heavy atom. The molecule has 353 valence electrons. The summed E-state index contributed by atoms with van der Waals surface area (Å²) in [6.45, 7) is 17.9. The van der Waals surface area contributed by atoms with E-state index in [1.165, 1.54) is 9.80 Å². The molecule has 0 aromatic rings. The average molecular weight is 879 g/mol. The van der Waals surface area contributed by atoms with Gasteiger partial charge in [0.25, 0.3) is 0 Å². The number of hydrogen-bond acceptors (Lipinski definition) is 13. The number of rotatable bonds is 18. The van der Waals surface area contributed by atoms with Gasteiger partial charge in [0.15, 0.2) is 11.6 Å². The number of carbonyl (C=O) groups is 4. The number of amides is 4. The van der Waals surface area contributed by atoms with Crippen LogP contribution in [0, 0.1) is 0 Å². The van der Waals surface area contributed by atoms with Gasteiger partial charge in [-0.05, 0) is 74.1 Å². The van der Waals surface area contributed by atoms with Crippen molar-refractivity contribution in [1.82, 2.24) is 19.6 Å². The SMILES string of the molecule is C.CC1(C)OCCN(C(=O)CCCCC(=O)N2CCOC(C)(C)OCC2)CCO1.COC(C)(C)C.O=C(CCCCC(=O)N(CCO)CCO)N(CCO)CCO.[B].[B]B([B])[B]. The molecule has 0 aliphatic carbocycles. The fraction of sp³-hybridized carbons (Fsp3) is 0.900. The maximum Gasteiger partial charge on any atom is 0.222 e. The second-order valence-electron chi connectivity index (χ2n) is 15.9. The van der Waals surface area contributed by atoms with Crippen molar-refractivity contribution >= 4 is 61.6 Å². The van der Waals surface area contributed by atoms with Gasteiger partial charge in [-0.15, -0.1) is 0 Å². The molecule has 0 saturated carbocycles. The van der Waals surface area contributed by atoms with Crippen LogP contribution < -0.4 is 0 Å². The molecule has 0 spiro atoms. The Morgan fingerprint density at radius 1 is 0.597 bits per heavy atom. The highest BCUT2D eigenvalue weighted by Gasteiger charge is 2.26. The second-order valence-corrected chi connectivity index (χ2v) is 15.9. The van der Waals surface area contributed by atoms with Crippen molar-refractivity contribution in [2.24, 2.45) is 0 Å². The Kier molecular flexibility index (Phi) is 40.9. The predicted octanol–water partition coefficient (Wildman–Crippen LogP) is 0.106. The van der Waals surface area contributed by atoms with E-state index in [0.29, 0.717) is 91.1 Å². The van der Waals surface area contributed by atoms with E-state index in [2.05, 4.69) is 23.2 Å².